The first-order chi connectivity index (χ1) is 4.88. The SMILES string of the molecule is Br.COc1nccnc1CBr. The van der Waals surface area contributed by atoms with Crippen LogP contribution in [-0.2, 0) is 5.33 Å². The highest BCUT2D eigenvalue weighted by molar-refractivity contribution is 9.08. The van der Waals surface area contributed by atoms with Crippen LogP contribution in [0.1, 0.15) is 5.69 Å². The Balaban J connectivity index is 0.000001000. The van der Waals surface area contributed by atoms with Crippen molar-refractivity contribution in [2.24, 2.45) is 0 Å². The van der Waals surface area contributed by atoms with Gasteiger partial charge in [0.25, 0.3) is 0 Å². The summed E-state index contributed by atoms with van der Waals surface area (Å²) in [7, 11) is 1.58. The fourth-order valence-corrected chi connectivity index (χ4v) is 1.00. The van der Waals surface area contributed by atoms with E-state index in [0.717, 1.165) is 5.69 Å². The summed E-state index contributed by atoms with van der Waals surface area (Å²) >= 11 is 3.27. The van der Waals surface area contributed by atoms with Crippen LogP contribution in [0.15, 0.2) is 12.4 Å². The number of hydrogen-bond acceptors (Lipinski definition) is 3. The van der Waals surface area contributed by atoms with Gasteiger partial charge in [-0.05, 0) is 0 Å². The first-order valence-electron chi connectivity index (χ1n) is 2.78. The second-order valence-corrected chi connectivity index (χ2v) is 2.21. The maximum atomic E-state index is 4.93. The zero-order valence-electron chi connectivity index (χ0n) is 5.95. The molecule has 1 rings (SSSR count). The van der Waals surface area contributed by atoms with Crippen LogP contribution in [0.5, 0.6) is 5.88 Å². The molecule has 0 aliphatic rings. The van der Waals surface area contributed by atoms with Gasteiger partial charge in [0.15, 0.2) is 0 Å². The van der Waals surface area contributed by atoms with Crippen molar-refractivity contribution in [3.63, 3.8) is 0 Å². The number of hydrogen-bond donors (Lipinski definition) is 0. The Hall–Kier alpha value is -0.160. The summed E-state index contributed by atoms with van der Waals surface area (Å²) in [5.74, 6) is 0.583. The van der Waals surface area contributed by atoms with Crippen molar-refractivity contribution in [2.75, 3.05) is 7.11 Å². The summed E-state index contributed by atoms with van der Waals surface area (Å²) < 4.78 is 4.93. The maximum absolute atomic E-state index is 4.93. The van der Waals surface area contributed by atoms with Gasteiger partial charge in [-0.2, -0.15) is 0 Å². The van der Waals surface area contributed by atoms with Gasteiger partial charge in [0.05, 0.1) is 12.4 Å². The molecule has 0 aromatic carbocycles. The van der Waals surface area contributed by atoms with E-state index in [-0.39, 0.29) is 17.0 Å². The highest BCUT2D eigenvalue weighted by atomic mass is 79.9. The van der Waals surface area contributed by atoms with Crippen molar-refractivity contribution in [1.82, 2.24) is 9.97 Å². The summed E-state index contributed by atoms with van der Waals surface area (Å²) in [6.07, 6.45) is 3.24. The number of aromatic nitrogens is 2. The van der Waals surface area contributed by atoms with Crippen LogP contribution in [0.4, 0.5) is 0 Å². The summed E-state index contributed by atoms with van der Waals surface area (Å²) in [6, 6.07) is 0. The Morgan fingerprint density at radius 1 is 1.45 bits per heavy atom. The first kappa shape index (κ1) is 10.8. The van der Waals surface area contributed by atoms with E-state index in [9.17, 15) is 0 Å². The standard InChI is InChI=1S/C6H7BrN2O.BrH/c1-10-6-5(4-7)8-2-3-9-6;/h2-3H,4H2,1H3;1H. The molecule has 0 unspecified atom stereocenters. The van der Waals surface area contributed by atoms with Gasteiger partial charge in [-0.1, -0.05) is 15.9 Å². The average Bonchev–Trinajstić information content (AvgIpc) is 2.04. The van der Waals surface area contributed by atoms with E-state index in [1.54, 1.807) is 19.5 Å². The number of halogens is 2. The lowest BCUT2D eigenvalue weighted by atomic mass is 10.5. The fraction of sp³-hybridized carbons (Fsp3) is 0.333. The molecular formula is C6H8Br2N2O. The number of ether oxygens (including phenoxy) is 1. The van der Waals surface area contributed by atoms with E-state index in [1.807, 2.05) is 0 Å². The Labute approximate surface area is 84.1 Å². The van der Waals surface area contributed by atoms with Gasteiger partial charge in [0, 0.05) is 12.4 Å². The normalized spacial score (nSPS) is 8.55. The lowest BCUT2D eigenvalue weighted by molar-refractivity contribution is 0.391. The molecule has 0 spiro atoms. The second-order valence-electron chi connectivity index (χ2n) is 1.65. The third-order valence-electron chi connectivity index (χ3n) is 1.06. The smallest absolute Gasteiger partial charge is 0.236 e. The van der Waals surface area contributed by atoms with Crippen molar-refractivity contribution in [1.29, 1.82) is 0 Å². The molecule has 0 aliphatic heterocycles. The molecule has 1 heterocycles. The average molecular weight is 284 g/mol. The molecule has 0 N–H and O–H groups in total. The molecule has 0 amide bonds. The zero-order chi connectivity index (χ0) is 7.40. The van der Waals surface area contributed by atoms with Gasteiger partial charge in [0.1, 0.15) is 5.69 Å². The van der Waals surface area contributed by atoms with Crippen molar-refractivity contribution in [3.05, 3.63) is 18.1 Å². The van der Waals surface area contributed by atoms with Crippen molar-refractivity contribution < 1.29 is 4.74 Å². The van der Waals surface area contributed by atoms with Crippen LogP contribution < -0.4 is 4.74 Å². The molecular weight excluding hydrogens is 276 g/mol. The number of alkyl halides is 1. The van der Waals surface area contributed by atoms with Gasteiger partial charge < -0.3 is 4.74 Å². The highest BCUT2D eigenvalue weighted by Crippen LogP contribution is 2.12. The zero-order valence-corrected chi connectivity index (χ0v) is 9.25. The third kappa shape index (κ3) is 2.75. The molecule has 11 heavy (non-hydrogen) atoms. The van der Waals surface area contributed by atoms with E-state index < -0.39 is 0 Å². The maximum Gasteiger partial charge on any atom is 0.236 e. The third-order valence-corrected chi connectivity index (χ3v) is 1.59. The van der Waals surface area contributed by atoms with E-state index in [1.165, 1.54) is 0 Å². The van der Waals surface area contributed by atoms with Gasteiger partial charge in [-0.3, -0.25) is 4.98 Å². The van der Waals surface area contributed by atoms with Gasteiger partial charge >= 0.3 is 0 Å². The van der Waals surface area contributed by atoms with Crippen LogP contribution in [0.2, 0.25) is 0 Å². The molecule has 0 bridgehead atoms. The number of methoxy groups -OCH3 is 1. The molecule has 1 aromatic heterocycles. The molecule has 0 radical (unpaired) electrons. The topological polar surface area (TPSA) is 35.0 Å². The predicted octanol–water partition coefficient (Wildman–Crippen LogP) is 1.96. The minimum atomic E-state index is 0. The number of nitrogens with zero attached hydrogens (tertiary/aromatic N) is 2. The highest BCUT2D eigenvalue weighted by Gasteiger charge is 2.00. The van der Waals surface area contributed by atoms with Crippen LogP contribution in [0.3, 0.4) is 0 Å². The number of rotatable bonds is 2. The Morgan fingerprint density at radius 2 is 2.09 bits per heavy atom. The van der Waals surface area contributed by atoms with Crippen LogP contribution in [0, 0.1) is 0 Å². The lowest BCUT2D eigenvalue weighted by Crippen LogP contribution is -1.94. The Bertz CT molecular complexity index is 196. The largest absolute Gasteiger partial charge is 0.480 e. The molecule has 0 aliphatic carbocycles. The van der Waals surface area contributed by atoms with E-state index in [4.69, 9.17) is 4.74 Å². The molecule has 1 aromatic rings. The Morgan fingerprint density at radius 3 is 2.55 bits per heavy atom. The first-order valence-corrected chi connectivity index (χ1v) is 3.90. The fourth-order valence-electron chi connectivity index (χ4n) is 0.616. The monoisotopic (exact) mass is 282 g/mol. The minimum absolute atomic E-state index is 0. The quantitative estimate of drug-likeness (QED) is 0.779. The van der Waals surface area contributed by atoms with Crippen LogP contribution in [0.25, 0.3) is 0 Å². The van der Waals surface area contributed by atoms with Crippen molar-refractivity contribution >= 4 is 32.9 Å². The molecule has 0 atom stereocenters. The molecule has 0 fully saturated rings. The molecule has 0 saturated heterocycles. The van der Waals surface area contributed by atoms with Gasteiger partial charge in [0.2, 0.25) is 5.88 Å². The van der Waals surface area contributed by atoms with E-state index in [2.05, 4.69) is 25.9 Å². The lowest BCUT2D eigenvalue weighted by Gasteiger charge is -2.00. The van der Waals surface area contributed by atoms with E-state index >= 15 is 0 Å². The van der Waals surface area contributed by atoms with Gasteiger partial charge in [-0.25, -0.2) is 4.98 Å². The Kier molecular flexibility index (Phi) is 5.41. The summed E-state index contributed by atoms with van der Waals surface area (Å²) in [6.45, 7) is 0. The summed E-state index contributed by atoms with van der Waals surface area (Å²) in [5.41, 5.74) is 0.824. The van der Waals surface area contributed by atoms with E-state index in [0.29, 0.717) is 11.2 Å². The van der Waals surface area contributed by atoms with Crippen molar-refractivity contribution in [3.8, 4) is 5.88 Å². The van der Waals surface area contributed by atoms with Crippen molar-refractivity contribution in [2.45, 2.75) is 5.33 Å². The molecule has 5 heteroatoms. The summed E-state index contributed by atoms with van der Waals surface area (Å²) in [4.78, 5) is 7.99. The van der Waals surface area contributed by atoms with Crippen LogP contribution >= 0.6 is 32.9 Å². The second kappa shape index (κ2) is 5.49. The molecule has 3 nitrogen and oxygen atoms in total. The summed E-state index contributed by atoms with van der Waals surface area (Å²) in [5, 5.41) is 0.671. The molecule has 62 valence electrons. The van der Waals surface area contributed by atoms with Crippen LogP contribution in [-0.4, -0.2) is 17.1 Å². The molecule has 0 saturated carbocycles. The minimum Gasteiger partial charge on any atom is -0.480 e. The van der Waals surface area contributed by atoms with Gasteiger partial charge in [-0.15, -0.1) is 17.0 Å². The predicted molar refractivity (Wildman–Crippen MR) is 51.5 cm³/mol.